The highest BCUT2D eigenvalue weighted by Crippen LogP contribution is 2.40. The molecular formula is C17H24N4O2Si. The van der Waals surface area contributed by atoms with Crippen LogP contribution >= 0.6 is 0 Å². The smallest absolute Gasteiger partial charge is 0.407 e. The van der Waals surface area contributed by atoms with Crippen molar-refractivity contribution in [3.63, 3.8) is 0 Å². The lowest BCUT2D eigenvalue weighted by Crippen LogP contribution is -2.64. The summed E-state index contributed by atoms with van der Waals surface area (Å²) < 4.78 is 0. The van der Waals surface area contributed by atoms with Gasteiger partial charge in [-0.3, -0.25) is 0 Å². The Morgan fingerprint density at radius 3 is 2.50 bits per heavy atom. The van der Waals surface area contributed by atoms with Crippen LogP contribution in [-0.4, -0.2) is 60.3 Å². The number of hydrogen-bond acceptors (Lipinski definition) is 4. The number of aromatic nitrogens is 2. The third-order valence-corrected chi connectivity index (χ3v) is 5.36. The first kappa shape index (κ1) is 16.8. The average molecular weight is 344 g/mol. The molecular weight excluding hydrogens is 320 g/mol. The van der Waals surface area contributed by atoms with Crippen LogP contribution in [0.3, 0.4) is 0 Å². The van der Waals surface area contributed by atoms with Crippen molar-refractivity contribution in [2.75, 3.05) is 31.1 Å². The maximum atomic E-state index is 11.2. The number of piperidine rings is 1. The summed E-state index contributed by atoms with van der Waals surface area (Å²) in [5.41, 5.74) is 4.24. The molecule has 3 heterocycles. The van der Waals surface area contributed by atoms with Crippen molar-refractivity contribution < 1.29 is 9.90 Å². The number of carboxylic acid groups (broad SMARTS) is 1. The Hall–Kier alpha value is -2.07. The van der Waals surface area contributed by atoms with E-state index in [1.165, 1.54) is 4.90 Å². The molecule has 1 amide bonds. The molecule has 0 radical (unpaired) electrons. The highest BCUT2D eigenvalue weighted by atomic mass is 28.3. The molecule has 0 aliphatic carbocycles. The molecule has 3 rings (SSSR count). The van der Waals surface area contributed by atoms with Gasteiger partial charge in [-0.05, 0) is 12.8 Å². The van der Waals surface area contributed by atoms with Crippen molar-refractivity contribution >= 4 is 20.1 Å². The van der Waals surface area contributed by atoms with Gasteiger partial charge in [0.05, 0.1) is 5.56 Å². The number of amides is 1. The first-order valence-electron chi connectivity index (χ1n) is 8.35. The summed E-state index contributed by atoms with van der Waals surface area (Å²) in [4.78, 5) is 23.7. The van der Waals surface area contributed by atoms with Gasteiger partial charge in [0.25, 0.3) is 0 Å². The van der Waals surface area contributed by atoms with Crippen LogP contribution in [0, 0.1) is 16.9 Å². The second kappa shape index (κ2) is 6.09. The fourth-order valence-electron chi connectivity index (χ4n) is 3.34. The van der Waals surface area contributed by atoms with E-state index in [2.05, 4.69) is 46.0 Å². The number of anilines is 1. The predicted octanol–water partition coefficient (Wildman–Crippen LogP) is 2.29. The third kappa shape index (κ3) is 3.70. The molecule has 6 nitrogen and oxygen atoms in total. The molecule has 0 aromatic carbocycles. The standard InChI is InChI=1S/C17H24N4O2Si/c1-24(2,3)8-5-14-9-18-15(19-10-14)21-12-17(13-21)6-4-7-20(11-17)16(22)23/h9-10H,4,6-7,11-13H2,1-3H3,(H,22,23). The Bertz CT molecular complexity index is 681. The molecule has 1 aromatic rings. The normalized spacial score (nSPS) is 19.5. The Balaban J connectivity index is 1.61. The quantitative estimate of drug-likeness (QED) is 0.625. The van der Waals surface area contributed by atoms with Gasteiger partial charge in [-0.1, -0.05) is 25.6 Å². The zero-order valence-corrected chi connectivity index (χ0v) is 15.5. The van der Waals surface area contributed by atoms with Gasteiger partial charge >= 0.3 is 6.09 Å². The van der Waals surface area contributed by atoms with E-state index >= 15 is 0 Å². The molecule has 2 saturated heterocycles. The lowest BCUT2D eigenvalue weighted by molar-refractivity contribution is 0.0580. The monoisotopic (exact) mass is 344 g/mol. The van der Waals surface area contributed by atoms with Crippen molar-refractivity contribution in [1.29, 1.82) is 0 Å². The van der Waals surface area contributed by atoms with Gasteiger partial charge in [0.1, 0.15) is 8.07 Å². The minimum Gasteiger partial charge on any atom is -0.465 e. The molecule has 2 fully saturated rings. The van der Waals surface area contributed by atoms with Crippen molar-refractivity contribution in [3.05, 3.63) is 18.0 Å². The first-order valence-corrected chi connectivity index (χ1v) is 11.8. The number of likely N-dealkylation sites (tertiary alicyclic amines) is 1. The maximum absolute atomic E-state index is 11.2. The molecule has 0 bridgehead atoms. The molecule has 7 heteroatoms. The minimum absolute atomic E-state index is 0.0797. The Labute approximate surface area is 143 Å². The van der Waals surface area contributed by atoms with E-state index < -0.39 is 14.2 Å². The van der Waals surface area contributed by atoms with E-state index in [0.717, 1.165) is 31.5 Å². The predicted molar refractivity (Wildman–Crippen MR) is 95.7 cm³/mol. The minimum atomic E-state index is -1.39. The Morgan fingerprint density at radius 1 is 1.25 bits per heavy atom. The highest BCUT2D eigenvalue weighted by molar-refractivity contribution is 6.83. The van der Waals surface area contributed by atoms with Gasteiger partial charge in [0, 0.05) is 44.0 Å². The van der Waals surface area contributed by atoms with Crippen LogP contribution in [0.4, 0.5) is 10.7 Å². The number of carbonyl (C=O) groups is 1. The zero-order valence-electron chi connectivity index (χ0n) is 14.5. The van der Waals surface area contributed by atoms with E-state index in [1.807, 2.05) is 0 Å². The van der Waals surface area contributed by atoms with Gasteiger partial charge in [-0.2, -0.15) is 0 Å². The van der Waals surface area contributed by atoms with Crippen LogP contribution in [0.5, 0.6) is 0 Å². The summed E-state index contributed by atoms with van der Waals surface area (Å²) in [6.45, 7) is 9.56. The largest absolute Gasteiger partial charge is 0.465 e. The van der Waals surface area contributed by atoms with E-state index in [-0.39, 0.29) is 5.41 Å². The first-order chi connectivity index (χ1) is 11.3. The summed E-state index contributed by atoms with van der Waals surface area (Å²) in [5.74, 6) is 3.87. The maximum Gasteiger partial charge on any atom is 0.407 e. The van der Waals surface area contributed by atoms with Crippen LogP contribution in [0.15, 0.2) is 12.4 Å². The second-order valence-corrected chi connectivity index (χ2v) is 12.7. The fourth-order valence-corrected chi connectivity index (χ4v) is 3.86. The molecule has 0 saturated carbocycles. The average Bonchev–Trinajstić information content (AvgIpc) is 2.50. The molecule has 24 heavy (non-hydrogen) atoms. The van der Waals surface area contributed by atoms with Crippen LogP contribution < -0.4 is 4.90 Å². The highest BCUT2D eigenvalue weighted by Gasteiger charge is 2.47. The van der Waals surface area contributed by atoms with Crippen molar-refractivity contribution in [1.82, 2.24) is 14.9 Å². The number of rotatable bonds is 1. The number of hydrogen-bond donors (Lipinski definition) is 1. The molecule has 128 valence electrons. The SMILES string of the molecule is C[Si](C)(C)C#Cc1cnc(N2CC3(CCCN(C(=O)O)C3)C2)nc1. The molecule has 2 aliphatic rings. The van der Waals surface area contributed by atoms with Crippen LogP contribution in [0.2, 0.25) is 19.6 Å². The van der Waals surface area contributed by atoms with Gasteiger partial charge in [0.2, 0.25) is 5.95 Å². The molecule has 2 aliphatic heterocycles. The van der Waals surface area contributed by atoms with Crippen molar-refractivity contribution in [3.8, 4) is 11.5 Å². The van der Waals surface area contributed by atoms with E-state index in [4.69, 9.17) is 0 Å². The second-order valence-electron chi connectivity index (χ2n) is 7.94. The van der Waals surface area contributed by atoms with Crippen LogP contribution in [-0.2, 0) is 0 Å². The zero-order chi connectivity index (χ0) is 17.4. The summed E-state index contributed by atoms with van der Waals surface area (Å²) >= 11 is 0. The lowest BCUT2D eigenvalue weighted by Gasteiger charge is -2.54. The van der Waals surface area contributed by atoms with Crippen LogP contribution in [0.25, 0.3) is 0 Å². The lowest BCUT2D eigenvalue weighted by atomic mass is 9.73. The van der Waals surface area contributed by atoms with Gasteiger partial charge < -0.3 is 14.9 Å². The van der Waals surface area contributed by atoms with E-state index in [1.54, 1.807) is 12.4 Å². The molecule has 1 N–H and O–H groups in total. The summed E-state index contributed by atoms with van der Waals surface area (Å²) in [5, 5.41) is 9.19. The van der Waals surface area contributed by atoms with E-state index in [0.29, 0.717) is 19.0 Å². The Kier molecular flexibility index (Phi) is 4.26. The number of nitrogens with zero attached hydrogens (tertiary/aromatic N) is 4. The van der Waals surface area contributed by atoms with Crippen LogP contribution in [0.1, 0.15) is 18.4 Å². The van der Waals surface area contributed by atoms with Crippen molar-refractivity contribution in [2.24, 2.45) is 5.41 Å². The van der Waals surface area contributed by atoms with Gasteiger partial charge in [0.15, 0.2) is 0 Å². The van der Waals surface area contributed by atoms with Gasteiger partial charge in [-0.15, -0.1) is 5.54 Å². The summed E-state index contributed by atoms with van der Waals surface area (Å²) in [7, 11) is -1.39. The van der Waals surface area contributed by atoms with Crippen molar-refractivity contribution in [2.45, 2.75) is 32.5 Å². The summed E-state index contributed by atoms with van der Waals surface area (Å²) in [6, 6.07) is 0. The fraction of sp³-hybridized carbons (Fsp3) is 0.588. The molecule has 0 unspecified atom stereocenters. The molecule has 1 aromatic heterocycles. The Morgan fingerprint density at radius 2 is 1.92 bits per heavy atom. The summed E-state index contributed by atoms with van der Waals surface area (Å²) in [6.07, 6.45) is 4.77. The van der Waals surface area contributed by atoms with Gasteiger partial charge in [-0.25, -0.2) is 14.8 Å². The third-order valence-electron chi connectivity index (χ3n) is 4.49. The van der Waals surface area contributed by atoms with E-state index in [9.17, 15) is 9.90 Å². The molecule has 1 spiro atoms. The topological polar surface area (TPSA) is 69.6 Å². The molecule has 0 atom stereocenters.